The molecule has 0 saturated carbocycles. The van der Waals surface area contributed by atoms with E-state index in [1.807, 2.05) is 54.6 Å². The summed E-state index contributed by atoms with van der Waals surface area (Å²) >= 11 is 0. The molecule has 2 aromatic carbocycles. The number of carbonyl (C=O) groups excluding carboxylic acids is 1. The predicted octanol–water partition coefficient (Wildman–Crippen LogP) is 2.37. The number of amides is 1. The Labute approximate surface area is 161 Å². The summed E-state index contributed by atoms with van der Waals surface area (Å²) in [4.78, 5) is 32.2. The molecular formula is C21H19N5O2. The van der Waals surface area contributed by atoms with Crippen molar-refractivity contribution in [3.05, 3.63) is 94.2 Å². The van der Waals surface area contributed by atoms with E-state index in [4.69, 9.17) is 0 Å². The summed E-state index contributed by atoms with van der Waals surface area (Å²) in [6.07, 6.45) is 0.568. The van der Waals surface area contributed by atoms with Crippen LogP contribution in [0.3, 0.4) is 0 Å². The molecule has 2 N–H and O–H groups in total. The van der Waals surface area contributed by atoms with Crippen LogP contribution in [0.15, 0.2) is 71.5 Å². The van der Waals surface area contributed by atoms with Gasteiger partial charge in [-0.3, -0.25) is 9.59 Å². The Hall–Kier alpha value is -3.74. The number of para-hydroxylation sites is 2. The third-order valence-electron chi connectivity index (χ3n) is 4.52. The predicted molar refractivity (Wildman–Crippen MR) is 106 cm³/mol. The zero-order valence-electron chi connectivity index (χ0n) is 15.3. The highest BCUT2D eigenvalue weighted by atomic mass is 16.2. The van der Waals surface area contributed by atoms with E-state index in [9.17, 15) is 9.59 Å². The Morgan fingerprint density at radius 1 is 1.07 bits per heavy atom. The monoisotopic (exact) mass is 373 g/mol. The van der Waals surface area contributed by atoms with Gasteiger partial charge < -0.3 is 10.3 Å². The molecule has 2 aromatic heterocycles. The number of aromatic nitrogens is 4. The number of H-pyrrole nitrogens is 1. The van der Waals surface area contributed by atoms with Crippen LogP contribution in [0.2, 0.25) is 0 Å². The van der Waals surface area contributed by atoms with Crippen LogP contribution in [0, 0.1) is 0 Å². The average Bonchev–Trinajstić information content (AvgIpc) is 3.14. The van der Waals surface area contributed by atoms with Gasteiger partial charge in [-0.15, -0.1) is 0 Å². The van der Waals surface area contributed by atoms with Gasteiger partial charge in [0.25, 0.3) is 11.5 Å². The van der Waals surface area contributed by atoms with Gasteiger partial charge in [-0.1, -0.05) is 42.5 Å². The molecule has 0 aliphatic rings. The topological polar surface area (TPSA) is 92.7 Å². The Bertz CT molecular complexity index is 1150. The van der Waals surface area contributed by atoms with E-state index in [0.717, 1.165) is 21.3 Å². The summed E-state index contributed by atoms with van der Waals surface area (Å²) in [5.74, 6) is 0.306. The van der Waals surface area contributed by atoms with Crippen molar-refractivity contribution in [3.63, 3.8) is 0 Å². The van der Waals surface area contributed by atoms with E-state index in [1.54, 1.807) is 0 Å². The summed E-state index contributed by atoms with van der Waals surface area (Å²) in [5, 5.41) is 7.03. The molecule has 1 amide bonds. The van der Waals surface area contributed by atoms with Gasteiger partial charge in [-0.05, 0) is 30.2 Å². The van der Waals surface area contributed by atoms with Crippen molar-refractivity contribution >= 4 is 16.9 Å². The van der Waals surface area contributed by atoms with Crippen LogP contribution in [0.4, 0.5) is 0 Å². The summed E-state index contributed by atoms with van der Waals surface area (Å²) < 4.78 is 1.14. The van der Waals surface area contributed by atoms with Gasteiger partial charge in [0, 0.05) is 13.1 Å². The molecular weight excluding hydrogens is 354 g/mol. The van der Waals surface area contributed by atoms with E-state index in [1.165, 1.54) is 19.2 Å². The van der Waals surface area contributed by atoms with Crippen molar-refractivity contribution in [1.82, 2.24) is 25.1 Å². The Morgan fingerprint density at radius 2 is 1.82 bits per heavy atom. The molecule has 4 aromatic rings. The minimum absolute atomic E-state index is 0.177. The molecule has 1 atom stereocenters. The number of fused-ring (bicyclic) bond motifs is 1. The molecule has 28 heavy (non-hydrogen) atoms. The zero-order valence-corrected chi connectivity index (χ0v) is 15.3. The number of aromatic amines is 1. The lowest BCUT2D eigenvalue weighted by atomic mass is 10.1. The third kappa shape index (κ3) is 3.68. The van der Waals surface area contributed by atoms with Gasteiger partial charge in [-0.2, -0.15) is 5.10 Å². The van der Waals surface area contributed by atoms with Crippen LogP contribution in [0.25, 0.3) is 11.0 Å². The van der Waals surface area contributed by atoms with Crippen LogP contribution >= 0.6 is 0 Å². The number of rotatable bonds is 5. The molecule has 0 radical (unpaired) electrons. The second kappa shape index (κ2) is 7.48. The van der Waals surface area contributed by atoms with E-state index < -0.39 is 0 Å². The van der Waals surface area contributed by atoms with Gasteiger partial charge in [-0.25, -0.2) is 9.67 Å². The molecule has 2 heterocycles. The fraction of sp³-hybridized carbons (Fsp3) is 0.143. The van der Waals surface area contributed by atoms with Gasteiger partial charge in [0.15, 0.2) is 0 Å². The van der Waals surface area contributed by atoms with Gasteiger partial charge >= 0.3 is 0 Å². The molecule has 140 valence electrons. The number of imidazole rings is 1. The van der Waals surface area contributed by atoms with E-state index >= 15 is 0 Å². The number of nitrogens with zero attached hydrogens (tertiary/aromatic N) is 3. The molecule has 0 aliphatic heterocycles. The van der Waals surface area contributed by atoms with Crippen molar-refractivity contribution in [2.45, 2.75) is 12.5 Å². The van der Waals surface area contributed by atoms with Crippen molar-refractivity contribution in [1.29, 1.82) is 0 Å². The molecule has 0 fully saturated rings. The number of hydrogen-bond acceptors (Lipinski definition) is 4. The molecule has 4 rings (SSSR count). The smallest absolute Gasteiger partial charge is 0.272 e. The molecule has 0 bridgehead atoms. The minimum atomic E-state index is -0.374. The summed E-state index contributed by atoms with van der Waals surface area (Å²) in [7, 11) is 1.51. The normalized spacial score (nSPS) is 12.0. The summed E-state index contributed by atoms with van der Waals surface area (Å²) in [6, 6.07) is 20.0. The number of hydrogen-bond donors (Lipinski definition) is 2. The van der Waals surface area contributed by atoms with Gasteiger partial charge in [0.2, 0.25) is 0 Å². The number of carbonyl (C=O) groups is 1. The zero-order chi connectivity index (χ0) is 19.5. The van der Waals surface area contributed by atoms with E-state index in [0.29, 0.717) is 12.2 Å². The van der Waals surface area contributed by atoms with Crippen molar-refractivity contribution in [2.75, 3.05) is 0 Å². The maximum absolute atomic E-state index is 12.8. The fourth-order valence-corrected chi connectivity index (χ4v) is 3.06. The van der Waals surface area contributed by atoms with Crippen LogP contribution in [0.1, 0.15) is 27.9 Å². The number of benzene rings is 2. The van der Waals surface area contributed by atoms with Crippen molar-refractivity contribution < 1.29 is 4.79 Å². The molecule has 7 heteroatoms. The van der Waals surface area contributed by atoms with Crippen molar-refractivity contribution in [2.24, 2.45) is 7.05 Å². The first-order valence-electron chi connectivity index (χ1n) is 8.94. The molecule has 0 spiro atoms. The highest BCUT2D eigenvalue weighted by Crippen LogP contribution is 2.20. The number of nitrogens with one attached hydrogen (secondary N) is 2. The molecule has 7 nitrogen and oxygen atoms in total. The summed E-state index contributed by atoms with van der Waals surface area (Å²) in [6.45, 7) is 0. The third-order valence-corrected chi connectivity index (χ3v) is 4.52. The lowest BCUT2D eigenvalue weighted by molar-refractivity contribution is 0.0927. The average molecular weight is 373 g/mol. The standard InChI is InChI=1S/C21H19N5O2/c1-26-19(27)12-11-17(25-26)21(28)24-18(13-14-7-3-2-4-8-14)20-22-15-9-5-6-10-16(15)23-20/h2-12,18H,13H2,1H3,(H,22,23)(H,24,28)/t18-/m0/s1. The van der Waals surface area contributed by atoms with Crippen LogP contribution in [-0.2, 0) is 13.5 Å². The maximum Gasteiger partial charge on any atom is 0.272 e. The van der Waals surface area contributed by atoms with Crippen molar-refractivity contribution in [3.8, 4) is 0 Å². The quantitative estimate of drug-likeness (QED) is 0.562. The van der Waals surface area contributed by atoms with E-state index in [-0.39, 0.29) is 23.2 Å². The van der Waals surface area contributed by atoms with Gasteiger partial charge in [0.05, 0.1) is 17.1 Å². The van der Waals surface area contributed by atoms with Gasteiger partial charge in [0.1, 0.15) is 11.5 Å². The maximum atomic E-state index is 12.8. The minimum Gasteiger partial charge on any atom is -0.340 e. The fourth-order valence-electron chi connectivity index (χ4n) is 3.06. The van der Waals surface area contributed by atoms with Crippen LogP contribution < -0.4 is 10.9 Å². The first-order chi connectivity index (χ1) is 13.6. The Balaban J connectivity index is 1.66. The SMILES string of the molecule is Cn1nc(C(=O)N[C@@H](Cc2ccccc2)c2nc3ccccc3[nH]2)ccc1=O. The molecule has 0 unspecified atom stereocenters. The highest BCUT2D eigenvalue weighted by molar-refractivity contribution is 5.92. The first-order valence-corrected chi connectivity index (χ1v) is 8.94. The second-order valence-corrected chi connectivity index (χ2v) is 6.54. The highest BCUT2D eigenvalue weighted by Gasteiger charge is 2.21. The van der Waals surface area contributed by atoms with Crippen LogP contribution in [-0.4, -0.2) is 25.7 Å². The Kier molecular flexibility index (Phi) is 4.72. The van der Waals surface area contributed by atoms with E-state index in [2.05, 4.69) is 20.4 Å². The van der Waals surface area contributed by atoms with Crippen LogP contribution in [0.5, 0.6) is 0 Å². The second-order valence-electron chi connectivity index (χ2n) is 6.54. The summed E-state index contributed by atoms with van der Waals surface area (Å²) in [5.41, 5.74) is 2.72. The lowest BCUT2D eigenvalue weighted by Gasteiger charge is -2.17. The lowest BCUT2D eigenvalue weighted by Crippen LogP contribution is -2.33. The number of aryl methyl sites for hydroxylation is 1. The Morgan fingerprint density at radius 3 is 2.57 bits per heavy atom. The first kappa shape index (κ1) is 17.7. The molecule has 0 saturated heterocycles. The largest absolute Gasteiger partial charge is 0.340 e. The molecule has 0 aliphatic carbocycles.